The summed E-state index contributed by atoms with van der Waals surface area (Å²) in [5.41, 5.74) is 0.114. The minimum absolute atomic E-state index is 0.0865. The molecule has 10 heavy (non-hydrogen) atoms. The fourth-order valence-corrected chi connectivity index (χ4v) is 0.553. The van der Waals surface area contributed by atoms with Crippen LogP contribution < -0.4 is 0 Å². The first kappa shape index (κ1) is 6.29. The first-order chi connectivity index (χ1) is 4.74. The standard InChI is InChI=1S/C5H3N3O2/c6-2-4-1-5(3-7-4)8(9)10/h1,3,7H. The second-order valence-corrected chi connectivity index (χ2v) is 1.64. The molecule has 1 aromatic rings. The van der Waals surface area contributed by atoms with Gasteiger partial charge in [-0.25, -0.2) is 0 Å². The van der Waals surface area contributed by atoms with Gasteiger partial charge in [0, 0.05) is 0 Å². The van der Waals surface area contributed by atoms with Crippen LogP contribution in [0.25, 0.3) is 0 Å². The molecule has 0 spiro atoms. The lowest BCUT2D eigenvalue weighted by atomic mass is 10.4. The summed E-state index contributed by atoms with van der Waals surface area (Å²) in [6.45, 7) is 0. The summed E-state index contributed by atoms with van der Waals surface area (Å²) in [4.78, 5) is 11.9. The van der Waals surface area contributed by atoms with E-state index >= 15 is 0 Å². The molecule has 1 aromatic heterocycles. The Bertz CT molecular complexity index is 296. The van der Waals surface area contributed by atoms with Crippen LogP contribution in [0.15, 0.2) is 12.3 Å². The summed E-state index contributed by atoms with van der Waals surface area (Å²) >= 11 is 0. The molecule has 0 amide bonds. The number of rotatable bonds is 1. The van der Waals surface area contributed by atoms with Crippen molar-refractivity contribution in [3.63, 3.8) is 0 Å². The second-order valence-electron chi connectivity index (χ2n) is 1.64. The zero-order chi connectivity index (χ0) is 7.56. The number of hydrogen-bond acceptors (Lipinski definition) is 3. The molecule has 1 rings (SSSR count). The smallest absolute Gasteiger partial charge is 0.288 e. The van der Waals surface area contributed by atoms with Crippen molar-refractivity contribution in [3.05, 3.63) is 28.1 Å². The van der Waals surface area contributed by atoms with Crippen LogP contribution in [0.2, 0.25) is 0 Å². The number of nitrogens with one attached hydrogen (secondary N) is 1. The Morgan fingerprint density at radius 3 is 2.80 bits per heavy atom. The van der Waals surface area contributed by atoms with E-state index in [-0.39, 0.29) is 11.4 Å². The maximum absolute atomic E-state index is 10.0. The van der Waals surface area contributed by atoms with Gasteiger partial charge in [-0.15, -0.1) is 0 Å². The van der Waals surface area contributed by atoms with Crippen LogP contribution in [0.5, 0.6) is 0 Å². The van der Waals surface area contributed by atoms with Crippen LogP contribution in [0.1, 0.15) is 5.69 Å². The highest BCUT2D eigenvalue weighted by Gasteiger charge is 2.06. The van der Waals surface area contributed by atoms with E-state index in [1.54, 1.807) is 6.07 Å². The molecule has 1 heterocycles. The van der Waals surface area contributed by atoms with E-state index in [0.717, 1.165) is 0 Å². The first-order valence-corrected chi connectivity index (χ1v) is 2.47. The zero-order valence-electron chi connectivity index (χ0n) is 4.87. The Kier molecular flexibility index (Phi) is 1.38. The second kappa shape index (κ2) is 2.19. The van der Waals surface area contributed by atoms with Gasteiger partial charge in [0.15, 0.2) is 0 Å². The Morgan fingerprint density at radius 2 is 2.50 bits per heavy atom. The topological polar surface area (TPSA) is 82.7 Å². The lowest BCUT2D eigenvalue weighted by Crippen LogP contribution is -1.82. The highest BCUT2D eigenvalue weighted by atomic mass is 16.6. The van der Waals surface area contributed by atoms with Gasteiger partial charge in [0.2, 0.25) is 0 Å². The van der Waals surface area contributed by atoms with Crippen molar-refractivity contribution in [2.24, 2.45) is 0 Å². The fourth-order valence-electron chi connectivity index (χ4n) is 0.553. The van der Waals surface area contributed by atoms with E-state index < -0.39 is 4.92 Å². The van der Waals surface area contributed by atoms with Crippen LogP contribution in [0.3, 0.4) is 0 Å². The Hall–Kier alpha value is -1.83. The zero-order valence-corrected chi connectivity index (χ0v) is 4.87. The lowest BCUT2D eigenvalue weighted by molar-refractivity contribution is -0.384. The summed E-state index contributed by atoms with van der Waals surface area (Å²) in [6, 6.07) is 2.92. The van der Waals surface area contributed by atoms with Gasteiger partial charge >= 0.3 is 0 Å². The summed E-state index contributed by atoms with van der Waals surface area (Å²) in [5, 5.41) is 18.2. The summed E-state index contributed by atoms with van der Waals surface area (Å²) in [7, 11) is 0. The largest absolute Gasteiger partial charge is 0.347 e. The number of nitriles is 1. The molecule has 0 saturated carbocycles. The van der Waals surface area contributed by atoms with Crippen LogP contribution in [-0.4, -0.2) is 9.91 Å². The number of aromatic nitrogens is 1. The van der Waals surface area contributed by atoms with Gasteiger partial charge in [0.1, 0.15) is 11.8 Å². The number of hydrogen-bond donors (Lipinski definition) is 1. The number of H-pyrrole nitrogens is 1. The molecule has 0 atom stereocenters. The molecule has 0 aliphatic carbocycles. The Balaban J connectivity index is 3.02. The Morgan fingerprint density at radius 1 is 1.80 bits per heavy atom. The van der Waals surface area contributed by atoms with Crippen molar-refractivity contribution >= 4 is 5.69 Å². The van der Waals surface area contributed by atoms with Gasteiger partial charge < -0.3 is 4.98 Å². The van der Waals surface area contributed by atoms with Gasteiger partial charge in [-0.05, 0) is 0 Å². The van der Waals surface area contributed by atoms with E-state index in [2.05, 4.69) is 4.98 Å². The van der Waals surface area contributed by atoms with Crippen LogP contribution in [-0.2, 0) is 0 Å². The quantitative estimate of drug-likeness (QED) is 0.458. The molecule has 0 fully saturated rings. The van der Waals surface area contributed by atoms with Gasteiger partial charge in [0.05, 0.1) is 17.2 Å². The molecule has 0 aliphatic rings. The highest BCUT2D eigenvalue weighted by molar-refractivity contribution is 5.35. The van der Waals surface area contributed by atoms with Crippen LogP contribution >= 0.6 is 0 Å². The molecule has 0 aliphatic heterocycles. The minimum Gasteiger partial charge on any atom is -0.347 e. The molecule has 5 heteroatoms. The molecule has 0 radical (unpaired) electrons. The molecule has 0 bridgehead atoms. The molecule has 0 aromatic carbocycles. The SMILES string of the molecule is N#Cc1cc([N+](=O)[O-])c[nH]1. The number of nitro groups is 1. The fraction of sp³-hybridized carbons (Fsp3) is 0. The van der Waals surface area contributed by atoms with E-state index in [1.165, 1.54) is 12.3 Å². The van der Waals surface area contributed by atoms with Gasteiger partial charge in [-0.3, -0.25) is 10.1 Å². The van der Waals surface area contributed by atoms with Gasteiger partial charge in [-0.1, -0.05) is 0 Å². The molecule has 50 valence electrons. The molecule has 0 saturated heterocycles. The monoisotopic (exact) mass is 137 g/mol. The predicted octanol–water partition coefficient (Wildman–Crippen LogP) is 0.795. The molecule has 1 N–H and O–H groups in total. The lowest BCUT2D eigenvalue weighted by Gasteiger charge is -1.77. The third kappa shape index (κ3) is 0.951. The number of nitrogens with zero attached hydrogens (tertiary/aromatic N) is 2. The molecular formula is C5H3N3O2. The third-order valence-electron chi connectivity index (χ3n) is 0.999. The van der Waals surface area contributed by atoms with Crippen molar-refractivity contribution in [2.75, 3.05) is 0 Å². The van der Waals surface area contributed by atoms with Crippen molar-refractivity contribution in [1.29, 1.82) is 5.26 Å². The van der Waals surface area contributed by atoms with Crippen LogP contribution in [0.4, 0.5) is 5.69 Å². The maximum atomic E-state index is 10.0. The first-order valence-electron chi connectivity index (χ1n) is 2.47. The van der Waals surface area contributed by atoms with Crippen molar-refractivity contribution < 1.29 is 4.92 Å². The molecule has 5 nitrogen and oxygen atoms in total. The van der Waals surface area contributed by atoms with Crippen molar-refractivity contribution in [3.8, 4) is 6.07 Å². The van der Waals surface area contributed by atoms with E-state index in [0.29, 0.717) is 0 Å². The van der Waals surface area contributed by atoms with E-state index in [1.807, 2.05) is 0 Å². The molecule has 0 unspecified atom stereocenters. The Labute approximate surface area is 56.1 Å². The predicted molar refractivity (Wildman–Crippen MR) is 32.2 cm³/mol. The number of aromatic amines is 1. The van der Waals surface area contributed by atoms with E-state index in [9.17, 15) is 10.1 Å². The molecular weight excluding hydrogens is 134 g/mol. The van der Waals surface area contributed by atoms with Gasteiger partial charge in [-0.2, -0.15) is 5.26 Å². The maximum Gasteiger partial charge on any atom is 0.288 e. The van der Waals surface area contributed by atoms with Crippen molar-refractivity contribution in [1.82, 2.24) is 4.98 Å². The minimum atomic E-state index is -0.558. The summed E-state index contributed by atoms with van der Waals surface area (Å²) in [6.07, 6.45) is 1.18. The highest BCUT2D eigenvalue weighted by Crippen LogP contribution is 2.10. The average molecular weight is 137 g/mol. The summed E-state index contributed by atoms with van der Waals surface area (Å²) < 4.78 is 0. The third-order valence-corrected chi connectivity index (χ3v) is 0.999. The van der Waals surface area contributed by atoms with Gasteiger partial charge in [0.25, 0.3) is 5.69 Å². The normalized spacial score (nSPS) is 8.70. The van der Waals surface area contributed by atoms with Crippen LogP contribution in [0, 0.1) is 21.4 Å². The van der Waals surface area contributed by atoms with Crippen molar-refractivity contribution in [2.45, 2.75) is 0 Å². The summed E-state index contributed by atoms with van der Waals surface area (Å²) in [5.74, 6) is 0. The van der Waals surface area contributed by atoms with E-state index in [4.69, 9.17) is 5.26 Å². The average Bonchev–Trinajstić information content (AvgIpc) is 2.34.